The molecule has 0 radical (unpaired) electrons. The molecule has 13 heavy (non-hydrogen) atoms. The summed E-state index contributed by atoms with van der Waals surface area (Å²) in [5.74, 6) is 0. The molecule has 0 aromatic carbocycles. The molecule has 0 unspecified atom stereocenters. The van der Waals surface area contributed by atoms with E-state index in [2.05, 4.69) is 15.0 Å². The van der Waals surface area contributed by atoms with Crippen molar-refractivity contribution in [2.75, 3.05) is 6.26 Å². The van der Waals surface area contributed by atoms with E-state index >= 15 is 0 Å². The Balaban J connectivity index is 0.000000396. The highest BCUT2D eigenvalue weighted by molar-refractivity contribution is 7.98. The van der Waals surface area contributed by atoms with Gasteiger partial charge in [0.2, 0.25) is 0 Å². The third kappa shape index (κ3) is 2.21. The average molecular weight is 195 g/mol. The lowest BCUT2D eigenvalue weighted by atomic mass is 10.4. The minimum absolute atomic E-state index is 0.789. The van der Waals surface area contributed by atoms with Gasteiger partial charge in [0, 0.05) is 6.20 Å². The van der Waals surface area contributed by atoms with Crippen molar-refractivity contribution in [1.82, 2.24) is 15.0 Å². The Hall–Kier alpha value is -1.03. The van der Waals surface area contributed by atoms with E-state index in [1.165, 1.54) is 0 Å². The summed E-state index contributed by atoms with van der Waals surface area (Å²) in [6, 6.07) is 3.86. The molecule has 0 amide bonds. The van der Waals surface area contributed by atoms with Gasteiger partial charge in [0.25, 0.3) is 0 Å². The molecule has 0 aliphatic rings. The first kappa shape index (κ1) is 10.1. The van der Waals surface area contributed by atoms with Crippen LogP contribution in [-0.2, 0) is 0 Å². The van der Waals surface area contributed by atoms with Crippen LogP contribution in [0.3, 0.4) is 0 Å². The number of thioether (sulfide) groups is 1. The van der Waals surface area contributed by atoms with Gasteiger partial charge in [-0.05, 0) is 18.4 Å². The Morgan fingerprint density at radius 2 is 2.15 bits per heavy atom. The van der Waals surface area contributed by atoms with Crippen molar-refractivity contribution in [2.24, 2.45) is 0 Å². The van der Waals surface area contributed by atoms with Crippen molar-refractivity contribution in [3.8, 4) is 0 Å². The zero-order valence-corrected chi connectivity index (χ0v) is 8.85. The predicted molar refractivity (Wildman–Crippen MR) is 57.0 cm³/mol. The van der Waals surface area contributed by atoms with Gasteiger partial charge in [-0.2, -0.15) is 0 Å². The van der Waals surface area contributed by atoms with Crippen LogP contribution in [0.2, 0.25) is 0 Å². The Morgan fingerprint density at radius 1 is 1.38 bits per heavy atom. The minimum Gasteiger partial charge on any atom is -0.332 e. The maximum Gasteiger partial charge on any atom is 0.178 e. The van der Waals surface area contributed by atoms with E-state index in [-0.39, 0.29) is 0 Å². The highest BCUT2D eigenvalue weighted by atomic mass is 32.2. The molecule has 0 bridgehead atoms. The molecule has 70 valence electrons. The van der Waals surface area contributed by atoms with Crippen LogP contribution in [0, 0.1) is 0 Å². The fraction of sp³-hybridized carbons (Fsp3) is 0.333. The zero-order chi connectivity index (χ0) is 9.68. The van der Waals surface area contributed by atoms with Gasteiger partial charge >= 0.3 is 0 Å². The van der Waals surface area contributed by atoms with Crippen LogP contribution in [0.25, 0.3) is 11.2 Å². The van der Waals surface area contributed by atoms with Crippen molar-refractivity contribution in [2.45, 2.75) is 19.0 Å². The van der Waals surface area contributed by atoms with Gasteiger partial charge in [-0.15, -0.1) is 0 Å². The van der Waals surface area contributed by atoms with Crippen molar-refractivity contribution >= 4 is 22.9 Å². The van der Waals surface area contributed by atoms with E-state index in [9.17, 15) is 0 Å². The first-order valence-electron chi connectivity index (χ1n) is 4.25. The molecule has 1 N–H and O–H groups in total. The largest absolute Gasteiger partial charge is 0.332 e. The fourth-order valence-electron chi connectivity index (χ4n) is 0.920. The van der Waals surface area contributed by atoms with Crippen LogP contribution in [-0.4, -0.2) is 21.2 Å². The molecular formula is C9H13N3S. The highest BCUT2D eigenvalue weighted by Crippen LogP contribution is 2.14. The first-order valence-corrected chi connectivity index (χ1v) is 5.47. The van der Waals surface area contributed by atoms with E-state index in [0.717, 1.165) is 16.3 Å². The molecule has 0 saturated carbocycles. The van der Waals surface area contributed by atoms with Crippen molar-refractivity contribution in [1.29, 1.82) is 0 Å². The first-order chi connectivity index (χ1) is 6.40. The smallest absolute Gasteiger partial charge is 0.178 e. The summed E-state index contributed by atoms with van der Waals surface area (Å²) in [5.41, 5.74) is 1.79. The van der Waals surface area contributed by atoms with Crippen LogP contribution in [0.1, 0.15) is 13.8 Å². The summed E-state index contributed by atoms with van der Waals surface area (Å²) in [7, 11) is 0. The number of imidazole rings is 1. The summed E-state index contributed by atoms with van der Waals surface area (Å²) < 4.78 is 0. The number of pyridine rings is 1. The van der Waals surface area contributed by atoms with Crippen molar-refractivity contribution < 1.29 is 0 Å². The molecule has 2 rings (SSSR count). The van der Waals surface area contributed by atoms with E-state index in [0.29, 0.717) is 0 Å². The second-order valence-corrected chi connectivity index (χ2v) is 2.92. The summed E-state index contributed by atoms with van der Waals surface area (Å²) in [6.07, 6.45) is 3.73. The number of aromatic nitrogens is 3. The summed E-state index contributed by atoms with van der Waals surface area (Å²) in [4.78, 5) is 11.5. The maximum absolute atomic E-state index is 4.23. The third-order valence-corrected chi connectivity index (χ3v) is 2.01. The topological polar surface area (TPSA) is 41.6 Å². The molecule has 0 spiro atoms. The summed E-state index contributed by atoms with van der Waals surface area (Å²) in [6.45, 7) is 4.00. The molecule has 0 atom stereocenters. The zero-order valence-electron chi connectivity index (χ0n) is 8.03. The Morgan fingerprint density at radius 3 is 2.77 bits per heavy atom. The predicted octanol–water partition coefficient (Wildman–Crippen LogP) is 2.71. The lowest BCUT2D eigenvalue weighted by Crippen LogP contribution is -1.72. The number of hydrogen-bond donors (Lipinski definition) is 1. The molecule has 2 aromatic heterocycles. The molecule has 0 saturated heterocycles. The van der Waals surface area contributed by atoms with Gasteiger partial charge < -0.3 is 4.98 Å². The number of aromatic amines is 1. The van der Waals surface area contributed by atoms with Gasteiger partial charge in [0.15, 0.2) is 10.8 Å². The van der Waals surface area contributed by atoms with E-state index in [4.69, 9.17) is 0 Å². The minimum atomic E-state index is 0.789. The van der Waals surface area contributed by atoms with E-state index in [1.54, 1.807) is 18.0 Å². The Kier molecular flexibility index (Phi) is 3.76. The second kappa shape index (κ2) is 4.87. The molecular weight excluding hydrogens is 182 g/mol. The van der Waals surface area contributed by atoms with E-state index < -0.39 is 0 Å². The average Bonchev–Trinajstić information content (AvgIpc) is 2.63. The van der Waals surface area contributed by atoms with Crippen molar-refractivity contribution in [3.63, 3.8) is 0 Å². The number of hydrogen-bond acceptors (Lipinski definition) is 3. The molecule has 2 heterocycles. The lowest BCUT2D eigenvalue weighted by molar-refractivity contribution is 1.08. The van der Waals surface area contributed by atoms with Crippen LogP contribution in [0.5, 0.6) is 0 Å². The van der Waals surface area contributed by atoms with Gasteiger partial charge in [0.05, 0.1) is 5.52 Å². The van der Waals surface area contributed by atoms with Crippen LogP contribution in [0.15, 0.2) is 23.5 Å². The molecule has 0 fully saturated rings. The number of nitrogens with one attached hydrogen (secondary N) is 1. The molecule has 2 aromatic rings. The van der Waals surface area contributed by atoms with Gasteiger partial charge in [-0.3, -0.25) is 0 Å². The SMILES string of the molecule is CC.CSc1nc2ncccc2[nH]1. The lowest BCUT2D eigenvalue weighted by Gasteiger charge is -1.81. The standard InChI is InChI=1S/C7H7N3S.C2H6/c1-11-7-9-5-3-2-4-8-6(5)10-7;1-2/h2-4H,1H3,(H,8,9,10);1-2H3. The van der Waals surface area contributed by atoms with Gasteiger partial charge in [0.1, 0.15) is 0 Å². The summed E-state index contributed by atoms with van der Waals surface area (Å²) >= 11 is 1.59. The number of H-pyrrole nitrogens is 1. The van der Waals surface area contributed by atoms with Gasteiger partial charge in [-0.1, -0.05) is 25.6 Å². The monoisotopic (exact) mass is 195 g/mol. The van der Waals surface area contributed by atoms with Crippen LogP contribution in [0.4, 0.5) is 0 Å². The molecule has 0 aliphatic heterocycles. The quantitative estimate of drug-likeness (QED) is 0.711. The Bertz CT molecular complexity index is 337. The Labute approximate surface area is 82.0 Å². The number of fused-ring (bicyclic) bond motifs is 1. The molecule has 0 aliphatic carbocycles. The highest BCUT2D eigenvalue weighted by Gasteiger charge is 1.99. The normalized spacial score (nSPS) is 9.46. The van der Waals surface area contributed by atoms with Crippen LogP contribution >= 0.6 is 11.8 Å². The third-order valence-electron chi connectivity index (χ3n) is 1.43. The molecule has 3 nitrogen and oxygen atoms in total. The number of rotatable bonds is 1. The van der Waals surface area contributed by atoms with E-state index in [1.807, 2.05) is 32.2 Å². The van der Waals surface area contributed by atoms with Crippen LogP contribution < -0.4 is 0 Å². The van der Waals surface area contributed by atoms with Crippen molar-refractivity contribution in [3.05, 3.63) is 18.3 Å². The second-order valence-electron chi connectivity index (χ2n) is 2.12. The molecule has 4 heteroatoms. The fourth-order valence-corrected chi connectivity index (χ4v) is 1.31. The van der Waals surface area contributed by atoms with Gasteiger partial charge in [-0.25, -0.2) is 9.97 Å². The maximum atomic E-state index is 4.23. The summed E-state index contributed by atoms with van der Waals surface area (Å²) in [5, 5.41) is 0.915. The number of nitrogens with zero attached hydrogens (tertiary/aromatic N) is 2.